The summed E-state index contributed by atoms with van der Waals surface area (Å²) < 4.78 is 1.17. The lowest BCUT2D eigenvalue weighted by molar-refractivity contribution is -0.140. The molecule has 2 atom stereocenters. The molecule has 3 saturated heterocycles. The topological polar surface area (TPSA) is 52.6 Å². The summed E-state index contributed by atoms with van der Waals surface area (Å²) in [5.74, 6) is -0.0985. The van der Waals surface area contributed by atoms with Gasteiger partial charge in [0.2, 0.25) is 0 Å². The van der Waals surface area contributed by atoms with Gasteiger partial charge in [-0.15, -0.1) is 0 Å². The minimum atomic E-state index is -0.745. The van der Waals surface area contributed by atoms with E-state index in [1.54, 1.807) is 0 Å². The molecule has 114 valence electrons. The molecule has 0 spiro atoms. The number of benzene rings is 1. The Kier molecular flexibility index (Phi) is 4.81. The zero-order chi connectivity index (χ0) is 14.8. The van der Waals surface area contributed by atoms with E-state index in [9.17, 15) is 9.90 Å². The standard InChI is InChI=1S/C16H21IN2O2/c17-13-3-1-11(2-4-13)9-14(16(20)21)18-15-10-19-7-5-12(15)6-8-19/h1-4,12,14-15,18H,5-10H2,(H,20,21)/t14-,15+/m0/s1. The first-order valence-corrected chi connectivity index (χ1v) is 8.65. The molecule has 5 heteroatoms. The maximum Gasteiger partial charge on any atom is 0.321 e. The van der Waals surface area contributed by atoms with Crippen molar-refractivity contribution >= 4 is 28.6 Å². The molecule has 21 heavy (non-hydrogen) atoms. The molecular weight excluding hydrogens is 379 g/mol. The first-order chi connectivity index (χ1) is 10.1. The number of carboxylic acids is 1. The van der Waals surface area contributed by atoms with E-state index in [2.05, 4.69) is 32.8 Å². The van der Waals surface area contributed by atoms with Crippen LogP contribution in [-0.2, 0) is 11.2 Å². The molecule has 0 aliphatic carbocycles. The van der Waals surface area contributed by atoms with Gasteiger partial charge in [-0.25, -0.2) is 0 Å². The second kappa shape index (κ2) is 6.62. The number of aliphatic carboxylic acids is 1. The van der Waals surface area contributed by atoms with E-state index in [0.29, 0.717) is 18.4 Å². The fourth-order valence-corrected chi connectivity index (χ4v) is 3.85. The third-order valence-electron chi connectivity index (χ3n) is 4.72. The zero-order valence-corrected chi connectivity index (χ0v) is 14.1. The number of nitrogens with zero attached hydrogens (tertiary/aromatic N) is 1. The number of hydrogen-bond acceptors (Lipinski definition) is 3. The van der Waals surface area contributed by atoms with Gasteiger partial charge in [-0.1, -0.05) is 12.1 Å². The van der Waals surface area contributed by atoms with Crippen molar-refractivity contribution in [3.63, 3.8) is 0 Å². The number of hydrogen-bond donors (Lipinski definition) is 2. The highest BCUT2D eigenvalue weighted by Crippen LogP contribution is 2.28. The number of carbonyl (C=O) groups is 1. The van der Waals surface area contributed by atoms with Gasteiger partial charge in [0.15, 0.2) is 0 Å². The van der Waals surface area contributed by atoms with E-state index in [4.69, 9.17) is 0 Å². The van der Waals surface area contributed by atoms with Gasteiger partial charge in [-0.2, -0.15) is 0 Å². The number of rotatable bonds is 5. The van der Waals surface area contributed by atoms with E-state index in [1.165, 1.54) is 29.5 Å². The number of nitrogens with one attached hydrogen (secondary N) is 1. The molecule has 3 heterocycles. The van der Waals surface area contributed by atoms with Crippen LogP contribution in [0.2, 0.25) is 0 Å². The summed E-state index contributed by atoms with van der Waals surface area (Å²) in [6, 6.07) is 7.95. The minimum Gasteiger partial charge on any atom is -0.480 e. The molecule has 0 unspecified atom stereocenters. The van der Waals surface area contributed by atoms with Gasteiger partial charge >= 0.3 is 5.97 Å². The maximum atomic E-state index is 11.6. The van der Waals surface area contributed by atoms with Crippen molar-refractivity contribution in [2.24, 2.45) is 5.92 Å². The Balaban J connectivity index is 1.64. The number of halogens is 1. The Morgan fingerprint density at radius 2 is 2.00 bits per heavy atom. The third-order valence-corrected chi connectivity index (χ3v) is 5.44. The lowest BCUT2D eigenvalue weighted by Gasteiger charge is -2.45. The predicted molar refractivity (Wildman–Crippen MR) is 90.4 cm³/mol. The summed E-state index contributed by atoms with van der Waals surface area (Å²) in [4.78, 5) is 14.0. The first-order valence-electron chi connectivity index (χ1n) is 7.57. The molecule has 3 aliphatic heterocycles. The number of fused-ring (bicyclic) bond motifs is 3. The van der Waals surface area contributed by atoms with Gasteiger partial charge in [0.05, 0.1) is 0 Å². The van der Waals surface area contributed by atoms with Crippen LogP contribution in [0.15, 0.2) is 24.3 Å². The minimum absolute atomic E-state index is 0.331. The smallest absolute Gasteiger partial charge is 0.321 e. The molecule has 0 saturated carbocycles. The van der Waals surface area contributed by atoms with E-state index < -0.39 is 12.0 Å². The summed E-state index contributed by atoms with van der Waals surface area (Å²) in [5.41, 5.74) is 1.08. The Hall–Kier alpha value is -0.660. The fraction of sp³-hybridized carbons (Fsp3) is 0.562. The van der Waals surface area contributed by atoms with E-state index in [-0.39, 0.29) is 0 Å². The predicted octanol–water partition coefficient (Wildman–Crippen LogP) is 1.97. The largest absolute Gasteiger partial charge is 0.480 e. The van der Waals surface area contributed by atoms with Crippen molar-refractivity contribution < 1.29 is 9.90 Å². The Labute approximate surface area is 139 Å². The summed E-state index contributed by atoms with van der Waals surface area (Å²) >= 11 is 2.26. The van der Waals surface area contributed by atoms with Crippen molar-refractivity contribution in [2.75, 3.05) is 19.6 Å². The second-order valence-electron chi connectivity index (χ2n) is 6.13. The molecule has 3 fully saturated rings. The molecule has 1 aromatic rings. The highest BCUT2D eigenvalue weighted by atomic mass is 127. The van der Waals surface area contributed by atoms with Crippen LogP contribution in [0, 0.1) is 9.49 Å². The molecule has 0 radical (unpaired) electrons. The van der Waals surface area contributed by atoms with Gasteiger partial charge in [-0.05, 0) is 78.6 Å². The third kappa shape index (κ3) is 3.76. The van der Waals surface area contributed by atoms with Crippen molar-refractivity contribution in [2.45, 2.75) is 31.3 Å². The average molecular weight is 400 g/mol. The van der Waals surface area contributed by atoms with Crippen LogP contribution in [0.3, 0.4) is 0 Å². The van der Waals surface area contributed by atoms with Crippen LogP contribution in [-0.4, -0.2) is 47.7 Å². The van der Waals surface area contributed by atoms with Crippen LogP contribution in [0.4, 0.5) is 0 Å². The Morgan fingerprint density at radius 1 is 1.33 bits per heavy atom. The average Bonchev–Trinajstić information content (AvgIpc) is 2.50. The highest BCUT2D eigenvalue weighted by molar-refractivity contribution is 14.1. The van der Waals surface area contributed by atoms with Gasteiger partial charge in [0.1, 0.15) is 6.04 Å². The lowest BCUT2D eigenvalue weighted by atomic mass is 9.83. The van der Waals surface area contributed by atoms with Gasteiger partial charge < -0.3 is 10.0 Å². The van der Waals surface area contributed by atoms with E-state index in [0.717, 1.165) is 12.1 Å². The van der Waals surface area contributed by atoms with Crippen molar-refractivity contribution in [3.05, 3.63) is 33.4 Å². The normalized spacial score (nSPS) is 29.3. The Bertz CT molecular complexity index is 498. The zero-order valence-electron chi connectivity index (χ0n) is 12.0. The maximum absolute atomic E-state index is 11.6. The number of piperidine rings is 3. The molecule has 2 N–H and O–H groups in total. The van der Waals surface area contributed by atoms with Crippen LogP contribution >= 0.6 is 22.6 Å². The van der Waals surface area contributed by atoms with Crippen LogP contribution < -0.4 is 5.32 Å². The van der Waals surface area contributed by atoms with Gasteiger partial charge in [-0.3, -0.25) is 10.1 Å². The monoisotopic (exact) mass is 400 g/mol. The van der Waals surface area contributed by atoms with Crippen molar-refractivity contribution in [1.29, 1.82) is 0 Å². The molecular formula is C16H21IN2O2. The SMILES string of the molecule is O=C(O)[C@H](Cc1ccc(I)cc1)N[C@@H]1CN2CCC1CC2. The van der Waals surface area contributed by atoms with Crippen molar-refractivity contribution in [1.82, 2.24) is 10.2 Å². The fourth-order valence-electron chi connectivity index (χ4n) is 3.49. The van der Waals surface area contributed by atoms with Gasteiger partial charge in [0.25, 0.3) is 0 Å². The first kappa shape index (κ1) is 15.2. The summed E-state index contributed by atoms with van der Waals surface area (Å²) in [5, 5.41) is 12.9. The summed E-state index contributed by atoms with van der Waals surface area (Å²) in [7, 11) is 0. The second-order valence-corrected chi connectivity index (χ2v) is 7.38. The van der Waals surface area contributed by atoms with E-state index >= 15 is 0 Å². The molecule has 0 amide bonds. The van der Waals surface area contributed by atoms with Gasteiger partial charge in [0, 0.05) is 16.2 Å². The van der Waals surface area contributed by atoms with E-state index in [1.807, 2.05) is 24.3 Å². The summed E-state index contributed by atoms with van der Waals surface area (Å²) in [6.07, 6.45) is 2.95. The van der Waals surface area contributed by atoms with Crippen molar-refractivity contribution in [3.8, 4) is 0 Å². The highest BCUT2D eigenvalue weighted by Gasteiger charge is 2.36. The Morgan fingerprint density at radius 3 is 2.52 bits per heavy atom. The summed E-state index contributed by atoms with van der Waals surface area (Å²) in [6.45, 7) is 3.36. The lowest BCUT2D eigenvalue weighted by Crippen LogP contribution is -2.59. The molecule has 4 nitrogen and oxygen atoms in total. The van der Waals surface area contributed by atoms with Crippen LogP contribution in [0.25, 0.3) is 0 Å². The quantitative estimate of drug-likeness (QED) is 0.743. The molecule has 3 aliphatic rings. The molecule has 0 aromatic heterocycles. The van der Waals surface area contributed by atoms with Crippen LogP contribution in [0.1, 0.15) is 18.4 Å². The van der Waals surface area contributed by atoms with Crippen LogP contribution in [0.5, 0.6) is 0 Å². The number of carboxylic acid groups (broad SMARTS) is 1. The molecule has 2 bridgehead atoms. The molecule has 4 rings (SSSR count). The molecule has 1 aromatic carbocycles.